The van der Waals surface area contributed by atoms with Gasteiger partial charge in [-0.25, -0.2) is 0 Å². The topological polar surface area (TPSA) is 55.5 Å². The Kier molecular flexibility index (Phi) is 4.21. The van der Waals surface area contributed by atoms with E-state index in [2.05, 4.69) is 15.9 Å². The molecular weight excluding hydrogens is 234 g/mol. The summed E-state index contributed by atoms with van der Waals surface area (Å²) in [7, 11) is 0. The third kappa shape index (κ3) is 2.99. The lowest BCUT2D eigenvalue weighted by molar-refractivity contribution is 0.200. The standard InChI is InChI=1S/C9H12BrNO2/c10-8-2-1-7(6-11)9(5-8)13-4-3-12/h1-2,5,12H,3-4,6,11H2. The van der Waals surface area contributed by atoms with Crippen LogP contribution in [-0.2, 0) is 6.54 Å². The van der Waals surface area contributed by atoms with E-state index >= 15 is 0 Å². The van der Waals surface area contributed by atoms with Crippen molar-refractivity contribution in [2.24, 2.45) is 5.73 Å². The fourth-order valence-corrected chi connectivity index (χ4v) is 1.33. The molecule has 0 fully saturated rings. The van der Waals surface area contributed by atoms with Gasteiger partial charge in [-0.15, -0.1) is 0 Å². The number of aliphatic hydroxyl groups is 1. The van der Waals surface area contributed by atoms with Gasteiger partial charge in [-0.1, -0.05) is 22.0 Å². The Hall–Kier alpha value is -0.580. The molecule has 1 aromatic rings. The molecule has 0 aliphatic heterocycles. The number of aliphatic hydroxyl groups excluding tert-OH is 1. The average Bonchev–Trinajstić information content (AvgIpc) is 2.15. The Morgan fingerprint density at radius 2 is 2.23 bits per heavy atom. The quantitative estimate of drug-likeness (QED) is 0.841. The van der Waals surface area contributed by atoms with E-state index in [9.17, 15) is 0 Å². The molecule has 0 bridgehead atoms. The molecule has 0 aliphatic carbocycles. The summed E-state index contributed by atoms with van der Waals surface area (Å²) in [5.74, 6) is 0.728. The second kappa shape index (κ2) is 5.21. The van der Waals surface area contributed by atoms with E-state index in [0.717, 1.165) is 15.8 Å². The highest BCUT2D eigenvalue weighted by Gasteiger charge is 2.02. The Morgan fingerprint density at radius 1 is 1.46 bits per heavy atom. The van der Waals surface area contributed by atoms with Crippen molar-refractivity contribution in [3.05, 3.63) is 28.2 Å². The summed E-state index contributed by atoms with van der Waals surface area (Å²) in [6, 6.07) is 5.66. The van der Waals surface area contributed by atoms with Crippen molar-refractivity contribution in [1.82, 2.24) is 0 Å². The summed E-state index contributed by atoms with van der Waals surface area (Å²) in [6.45, 7) is 0.744. The van der Waals surface area contributed by atoms with Crippen LogP contribution in [0.25, 0.3) is 0 Å². The van der Waals surface area contributed by atoms with Gasteiger partial charge in [0.1, 0.15) is 12.4 Å². The van der Waals surface area contributed by atoms with E-state index < -0.39 is 0 Å². The molecule has 4 heteroatoms. The van der Waals surface area contributed by atoms with Crippen molar-refractivity contribution in [3.8, 4) is 5.75 Å². The minimum atomic E-state index is 0.0104. The molecule has 0 aliphatic rings. The third-order valence-corrected chi connectivity index (χ3v) is 2.09. The van der Waals surface area contributed by atoms with Gasteiger partial charge in [-0.05, 0) is 12.1 Å². The molecule has 1 rings (SSSR count). The Morgan fingerprint density at radius 3 is 2.85 bits per heavy atom. The number of rotatable bonds is 4. The molecule has 13 heavy (non-hydrogen) atoms. The lowest BCUT2D eigenvalue weighted by Crippen LogP contribution is -2.06. The van der Waals surface area contributed by atoms with E-state index in [1.807, 2.05) is 18.2 Å². The van der Waals surface area contributed by atoms with E-state index in [-0.39, 0.29) is 6.61 Å². The fraction of sp³-hybridized carbons (Fsp3) is 0.333. The van der Waals surface area contributed by atoms with Gasteiger partial charge in [0, 0.05) is 16.6 Å². The molecule has 0 amide bonds. The summed E-state index contributed by atoms with van der Waals surface area (Å²) < 4.78 is 6.24. The molecule has 72 valence electrons. The van der Waals surface area contributed by atoms with Crippen molar-refractivity contribution in [3.63, 3.8) is 0 Å². The second-order valence-corrected chi connectivity index (χ2v) is 3.44. The fourth-order valence-electron chi connectivity index (χ4n) is 0.987. The van der Waals surface area contributed by atoms with Crippen LogP contribution in [0.2, 0.25) is 0 Å². The minimum absolute atomic E-state index is 0.0104. The largest absolute Gasteiger partial charge is 0.491 e. The zero-order valence-corrected chi connectivity index (χ0v) is 8.75. The average molecular weight is 246 g/mol. The number of hydrogen-bond acceptors (Lipinski definition) is 3. The number of hydrogen-bond donors (Lipinski definition) is 2. The lowest BCUT2D eigenvalue weighted by atomic mass is 10.2. The first-order valence-electron chi connectivity index (χ1n) is 4.00. The zero-order valence-electron chi connectivity index (χ0n) is 7.16. The van der Waals surface area contributed by atoms with E-state index in [1.165, 1.54) is 0 Å². The lowest BCUT2D eigenvalue weighted by Gasteiger charge is -2.09. The highest BCUT2D eigenvalue weighted by molar-refractivity contribution is 9.10. The summed E-state index contributed by atoms with van der Waals surface area (Å²) in [6.07, 6.45) is 0. The van der Waals surface area contributed by atoms with Gasteiger partial charge >= 0.3 is 0 Å². The van der Waals surface area contributed by atoms with E-state index in [4.69, 9.17) is 15.6 Å². The molecule has 1 aromatic carbocycles. The minimum Gasteiger partial charge on any atom is -0.491 e. The molecule has 0 saturated heterocycles. The molecule has 0 spiro atoms. The predicted octanol–water partition coefficient (Wildman–Crippen LogP) is 1.28. The van der Waals surface area contributed by atoms with Crippen molar-refractivity contribution in [2.45, 2.75) is 6.54 Å². The van der Waals surface area contributed by atoms with Crippen molar-refractivity contribution in [2.75, 3.05) is 13.2 Å². The summed E-state index contributed by atoms with van der Waals surface area (Å²) in [4.78, 5) is 0. The van der Waals surface area contributed by atoms with E-state index in [1.54, 1.807) is 0 Å². The molecule has 0 atom stereocenters. The van der Waals surface area contributed by atoms with E-state index in [0.29, 0.717) is 13.2 Å². The SMILES string of the molecule is NCc1ccc(Br)cc1OCCO. The highest BCUT2D eigenvalue weighted by atomic mass is 79.9. The van der Waals surface area contributed by atoms with Gasteiger partial charge in [-0.2, -0.15) is 0 Å². The van der Waals surface area contributed by atoms with Gasteiger partial charge in [0.15, 0.2) is 0 Å². The Labute approximate surface area is 85.6 Å². The van der Waals surface area contributed by atoms with Crippen LogP contribution in [0.4, 0.5) is 0 Å². The molecule has 3 nitrogen and oxygen atoms in total. The Balaban J connectivity index is 2.81. The van der Waals surface area contributed by atoms with Crippen LogP contribution in [0.3, 0.4) is 0 Å². The number of halogens is 1. The van der Waals surface area contributed by atoms with Crippen LogP contribution >= 0.6 is 15.9 Å². The van der Waals surface area contributed by atoms with Gasteiger partial charge in [0.05, 0.1) is 6.61 Å². The third-order valence-electron chi connectivity index (χ3n) is 1.60. The van der Waals surface area contributed by atoms with Crippen molar-refractivity contribution < 1.29 is 9.84 Å². The highest BCUT2D eigenvalue weighted by Crippen LogP contribution is 2.23. The molecule has 3 N–H and O–H groups in total. The monoisotopic (exact) mass is 245 g/mol. The molecule has 0 saturated carbocycles. The smallest absolute Gasteiger partial charge is 0.125 e. The maximum atomic E-state index is 8.59. The molecule has 0 radical (unpaired) electrons. The molecule has 0 aromatic heterocycles. The number of nitrogens with two attached hydrogens (primary N) is 1. The second-order valence-electron chi connectivity index (χ2n) is 2.53. The summed E-state index contributed by atoms with van der Waals surface area (Å²) in [5.41, 5.74) is 6.46. The Bertz CT molecular complexity index is 278. The molecule has 0 unspecified atom stereocenters. The zero-order chi connectivity index (χ0) is 9.68. The first kappa shape index (κ1) is 10.5. The van der Waals surface area contributed by atoms with Crippen molar-refractivity contribution in [1.29, 1.82) is 0 Å². The molecular formula is C9H12BrNO2. The van der Waals surface area contributed by atoms with Crippen LogP contribution in [0.5, 0.6) is 5.75 Å². The summed E-state index contributed by atoms with van der Waals surface area (Å²) >= 11 is 3.33. The number of ether oxygens (including phenoxy) is 1. The van der Waals surface area contributed by atoms with Crippen LogP contribution < -0.4 is 10.5 Å². The van der Waals surface area contributed by atoms with Crippen LogP contribution in [0, 0.1) is 0 Å². The van der Waals surface area contributed by atoms with Gasteiger partial charge < -0.3 is 15.6 Å². The summed E-state index contributed by atoms with van der Waals surface area (Å²) in [5, 5.41) is 8.59. The van der Waals surface area contributed by atoms with Crippen LogP contribution in [0.1, 0.15) is 5.56 Å². The van der Waals surface area contributed by atoms with Crippen LogP contribution in [-0.4, -0.2) is 18.3 Å². The number of benzene rings is 1. The maximum Gasteiger partial charge on any atom is 0.125 e. The van der Waals surface area contributed by atoms with Gasteiger partial charge in [-0.3, -0.25) is 0 Å². The first-order valence-corrected chi connectivity index (χ1v) is 4.79. The molecule has 0 heterocycles. The van der Waals surface area contributed by atoms with Gasteiger partial charge in [0.25, 0.3) is 0 Å². The van der Waals surface area contributed by atoms with Crippen molar-refractivity contribution >= 4 is 15.9 Å². The predicted molar refractivity (Wildman–Crippen MR) is 54.6 cm³/mol. The van der Waals surface area contributed by atoms with Crippen LogP contribution in [0.15, 0.2) is 22.7 Å². The maximum absolute atomic E-state index is 8.59. The van der Waals surface area contributed by atoms with Gasteiger partial charge in [0.2, 0.25) is 0 Å². The first-order chi connectivity index (χ1) is 6.27. The normalized spacial score (nSPS) is 10.1.